The van der Waals surface area contributed by atoms with Gasteiger partial charge >= 0.3 is 0 Å². The van der Waals surface area contributed by atoms with Crippen molar-refractivity contribution in [2.75, 3.05) is 7.11 Å². The van der Waals surface area contributed by atoms with Crippen molar-refractivity contribution < 1.29 is 19.7 Å². The second-order valence-electron chi connectivity index (χ2n) is 5.47. The third kappa shape index (κ3) is 3.72. The molecule has 132 valence electrons. The van der Waals surface area contributed by atoms with Crippen LogP contribution in [0.4, 0.5) is 0 Å². The Morgan fingerprint density at radius 2 is 1.85 bits per heavy atom. The molecule has 0 spiro atoms. The summed E-state index contributed by atoms with van der Waals surface area (Å²) in [6.07, 6.45) is 1.43. The number of rotatable bonds is 4. The van der Waals surface area contributed by atoms with Crippen LogP contribution >= 0.6 is 22.6 Å². The fourth-order valence-corrected chi connectivity index (χ4v) is 3.09. The van der Waals surface area contributed by atoms with Crippen molar-refractivity contribution in [3.63, 3.8) is 0 Å². The van der Waals surface area contributed by atoms with Crippen LogP contribution in [-0.4, -0.2) is 29.4 Å². The number of phenolic OH excluding ortho intramolecular Hbond substituents is 2. The minimum Gasteiger partial charge on any atom is -0.507 e. The normalized spacial score (nSPS) is 11.0. The number of carbonyl (C=O) groups excluding carboxylic acids is 1. The lowest BCUT2D eigenvalue weighted by molar-refractivity contribution is 0.0952. The summed E-state index contributed by atoms with van der Waals surface area (Å²) in [5, 5.41) is 25.5. The topological polar surface area (TPSA) is 91.2 Å². The van der Waals surface area contributed by atoms with Crippen LogP contribution in [0.3, 0.4) is 0 Å². The van der Waals surface area contributed by atoms with Crippen LogP contribution < -0.4 is 10.2 Å². The van der Waals surface area contributed by atoms with Crippen molar-refractivity contribution in [3.05, 3.63) is 63.2 Å². The first kappa shape index (κ1) is 18.0. The molecule has 0 fully saturated rings. The predicted octanol–water partition coefficient (Wildman–Crippen LogP) is 3.63. The van der Waals surface area contributed by atoms with E-state index in [0.717, 1.165) is 10.8 Å². The van der Waals surface area contributed by atoms with Gasteiger partial charge < -0.3 is 14.9 Å². The van der Waals surface area contributed by atoms with Gasteiger partial charge in [-0.3, -0.25) is 4.79 Å². The second kappa shape index (κ2) is 7.61. The molecule has 26 heavy (non-hydrogen) atoms. The van der Waals surface area contributed by atoms with Gasteiger partial charge in [0.2, 0.25) is 0 Å². The average Bonchev–Trinajstić information content (AvgIpc) is 2.63. The summed E-state index contributed by atoms with van der Waals surface area (Å²) in [6.45, 7) is 0. The molecule has 0 aliphatic heterocycles. The first-order valence-electron chi connectivity index (χ1n) is 7.61. The molecule has 0 unspecified atom stereocenters. The standard InChI is InChI=1S/C19H15IN2O4/c1-26-17-7-11(6-15(20)18(17)24)10-21-22-19(25)14-8-12-4-2-3-5-13(12)9-16(14)23/h2-10,23-24H,1H3,(H,22,25). The quantitative estimate of drug-likeness (QED) is 0.314. The van der Waals surface area contributed by atoms with Crippen LogP contribution in [0.25, 0.3) is 10.8 Å². The van der Waals surface area contributed by atoms with Crippen molar-refractivity contribution in [1.82, 2.24) is 5.43 Å². The first-order chi connectivity index (χ1) is 12.5. The lowest BCUT2D eigenvalue weighted by Gasteiger charge is -2.07. The smallest absolute Gasteiger partial charge is 0.275 e. The highest BCUT2D eigenvalue weighted by Gasteiger charge is 2.12. The Hall–Kier alpha value is -2.81. The average molecular weight is 462 g/mol. The van der Waals surface area contributed by atoms with Gasteiger partial charge in [0, 0.05) is 0 Å². The minimum atomic E-state index is -0.523. The molecule has 0 radical (unpaired) electrons. The van der Waals surface area contributed by atoms with Gasteiger partial charge in [-0.1, -0.05) is 24.3 Å². The second-order valence-corrected chi connectivity index (χ2v) is 6.63. The van der Waals surface area contributed by atoms with Crippen molar-refractivity contribution in [1.29, 1.82) is 0 Å². The lowest BCUT2D eigenvalue weighted by atomic mass is 10.1. The molecular formula is C19H15IN2O4. The van der Waals surface area contributed by atoms with Gasteiger partial charge in [-0.25, -0.2) is 5.43 Å². The highest BCUT2D eigenvalue weighted by atomic mass is 127. The molecule has 3 rings (SSSR count). The Morgan fingerprint density at radius 3 is 2.54 bits per heavy atom. The number of hydrogen-bond donors (Lipinski definition) is 3. The van der Waals surface area contributed by atoms with E-state index in [9.17, 15) is 15.0 Å². The molecule has 0 aliphatic rings. The number of hydrazone groups is 1. The molecule has 1 amide bonds. The van der Waals surface area contributed by atoms with Crippen molar-refractivity contribution >= 4 is 45.5 Å². The zero-order chi connectivity index (χ0) is 18.7. The summed E-state index contributed by atoms with van der Waals surface area (Å²) >= 11 is 1.97. The van der Waals surface area contributed by atoms with Crippen LogP contribution in [0.5, 0.6) is 17.2 Å². The van der Waals surface area contributed by atoms with E-state index < -0.39 is 5.91 Å². The van der Waals surface area contributed by atoms with E-state index in [-0.39, 0.29) is 17.1 Å². The lowest BCUT2D eigenvalue weighted by Crippen LogP contribution is -2.17. The summed E-state index contributed by atoms with van der Waals surface area (Å²) in [5.41, 5.74) is 3.17. The number of nitrogens with one attached hydrogen (secondary N) is 1. The molecule has 3 N–H and O–H groups in total. The molecule has 0 aromatic heterocycles. The molecule has 6 nitrogen and oxygen atoms in total. The van der Waals surface area contributed by atoms with Gasteiger partial charge in [0.25, 0.3) is 5.91 Å². The molecule has 3 aromatic carbocycles. The van der Waals surface area contributed by atoms with Crippen LogP contribution in [0, 0.1) is 3.57 Å². The number of benzene rings is 3. The molecule has 0 saturated heterocycles. The van der Waals surface area contributed by atoms with E-state index in [1.54, 1.807) is 24.3 Å². The first-order valence-corrected chi connectivity index (χ1v) is 8.69. The molecule has 0 aliphatic carbocycles. The number of aromatic hydroxyl groups is 2. The Morgan fingerprint density at radius 1 is 1.15 bits per heavy atom. The Labute approximate surface area is 163 Å². The fraction of sp³-hybridized carbons (Fsp3) is 0.0526. The van der Waals surface area contributed by atoms with Crippen molar-refractivity contribution in [2.24, 2.45) is 5.10 Å². The molecule has 0 saturated carbocycles. The SMILES string of the molecule is COc1cc(C=NNC(=O)c2cc3ccccc3cc2O)cc(I)c1O. The van der Waals surface area contributed by atoms with E-state index in [1.807, 2.05) is 46.9 Å². The monoisotopic (exact) mass is 462 g/mol. The maximum atomic E-state index is 12.3. The predicted molar refractivity (Wildman–Crippen MR) is 108 cm³/mol. The molecule has 7 heteroatoms. The number of hydrogen-bond acceptors (Lipinski definition) is 5. The summed E-state index contributed by atoms with van der Waals surface area (Å²) in [5.74, 6) is -0.269. The van der Waals surface area contributed by atoms with Gasteiger partial charge in [0.1, 0.15) is 5.75 Å². The van der Waals surface area contributed by atoms with E-state index in [0.29, 0.717) is 14.9 Å². The maximum absolute atomic E-state index is 12.3. The fourth-order valence-electron chi connectivity index (χ4n) is 2.46. The van der Waals surface area contributed by atoms with E-state index in [4.69, 9.17) is 4.74 Å². The number of phenols is 2. The number of carbonyl (C=O) groups is 1. The molecule has 0 bridgehead atoms. The van der Waals surface area contributed by atoms with Gasteiger partial charge in [0.05, 0.1) is 22.5 Å². The number of ether oxygens (including phenoxy) is 1. The molecule has 3 aromatic rings. The van der Waals surface area contributed by atoms with E-state index >= 15 is 0 Å². The molecule has 0 heterocycles. The summed E-state index contributed by atoms with van der Waals surface area (Å²) in [6, 6.07) is 13.9. The zero-order valence-corrected chi connectivity index (χ0v) is 15.9. The van der Waals surface area contributed by atoms with Gasteiger partial charge in [-0.2, -0.15) is 5.10 Å². The Bertz CT molecular complexity index is 1020. The summed E-state index contributed by atoms with van der Waals surface area (Å²) < 4.78 is 5.68. The van der Waals surface area contributed by atoms with E-state index in [1.165, 1.54) is 13.3 Å². The highest BCUT2D eigenvalue weighted by Crippen LogP contribution is 2.31. The van der Waals surface area contributed by atoms with E-state index in [2.05, 4.69) is 10.5 Å². The Balaban J connectivity index is 1.80. The largest absolute Gasteiger partial charge is 0.507 e. The number of amides is 1. The summed E-state index contributed by atoms with van der Waals surface area (Å²) in [4.78, 5) is 12.3. The zero-order valence-electron chi connectivity index (χ0n) is 13.7. The number of fused-ring (bicyclic) bond motifs is 1. The molecular weight excluding hydrogens is 447 g/mol. The van der Waals surface area contributed by atoms with Gasteiger partial charge in [0.15, 0.2) is 11.5 Å². The summed E-state index contributed by atoms with van der Waals surface area (Å²) in [7, 11) is 1.45. The number of nitrogens with zero attached hydrogens (tertiary/aromatic N) is 1. The highest BCUT2D eigenvalue weighted by molar-refractivity contribution is 14.1. The minimum absolute atomic E-state index is 0.0513. The van der Waals surface area contributed by atoms with Crippen molar-refractivity contribution in [3.8, 4) is 17.2 Å². The number of methoxy groups -OCH3 is 1. The Kier molecular flexibility index (Phi) is 5.27. The third-order valence-electron chi connectivity index (χ3n) is 3.76. The molecule has 0 atom stereocenters. The van der Waals surface area contributed by atoms with Crippen molar-refractivity contribution in [2.45, 2.75) is 0 Å². The van der Waals surface area contributed by atoms with Crippen LogP contribution in [0.15, 0.2) is 53.6 Å². The van der Waals surface area contributed by atoms with Crippen LogP contribution in [0.1, 0.15) is 15.9 Å². The van der Waals surface area contributed by atoms with Gasteiger partial charge in [-0.05, 0) is 63.2 Å². The maximum Gasteiger partial charge on any atom is 0.275 e. The van der Waals surface area contributed by atoms with Crippen LogP contribution in [-0.2, 0) is 0 Å². The van der Waals surface area contributed by atoms with Gasteiger partial charge in [-0.15, -0.1) is 0 Å². The number of halogens is 1. The van der Waals surface area contributed by atoms with Crippen LogP contribution in [0.2, 0.25) is 0 Å². The third-order valence-corrected chi connectivity index (χ3v) is 4.58.